The van der Waals surface area contributed by atoms with E-state index in [-0.39, 0.29) is 0 Å². The molecule has 4 nitrogen and oxygen atoms in total. The number of ether oxygens (including phenoxy) is 1. The van der Waals surface area contributed by atoms with Crippen LogP contribution >= 0.6 is 15.9 Å². The second kappa shape index (κ2) is 6.70. The Bertz CT molecular complexity index is 602. The molecule has 0 unspecified atom stereocenters. The molecule has 2 rings (SSSR count). The molecule has 1 aromatic carbocycles. The van der Waals surface area contributed by atoms with Crippen molar-refractivity contribution in [1.82, 2.24) is 9.97 Å². The van der Waals surface area contributed by atoms with Gasteiger partial charge < -0.3 is 10.1 Å². The average molecular weight is 336 g/mol. The monoisotopic (exact) mass is 335 g/mol. The summed E-state index contributed by atoms with van der Waals surface area (Å²) in [7, 11) is 0. The lowest BCUT2D eigenvalue weighted by atomic mass is 10.2. The molecule has 0 amide bonds. The first kappa shape index (κ1) is 14.8. The van der Waals surface area contributed by atoms with E-state index in [1.165, 1.54) is 5.56 Å². The van der Waals surface area contributed by atoms with Crippen LogP contribution in [0.1, 0.15) is 24.0 Å². The number of hydrogen-bond acceptors (Lipinski definition) is 4. The van der Waals surface area contributed by atoms with Crippen LogP contribution in [0.15, 0.2) is 28.7 Å². The van der Waals surface area contributed by atoms with Gasteiger partial charge in [-0.25, -0.2) is 9.97 Å². The first-order valence-electron chi connectivity index (χ1n) is 6.56. The van der Waals surface area contributed by atoms with Crippen molar-refractivity contribution in [3.63, 3.8) is 0 Å². The Labute approximate surface area is 127 Å². The van der Waals surface area contributed by atoms with Crippen LogP contribution in [0, 0.1) is 13.8 Å². The Morgan fingerprint density at radius 3 is 2.70 bits per heavy atom. The van der Waals surface area contributed by atoms with E-state index in [1.807, 2.05) is 45.0 Å². The summed E-state index contributed by atoms with van der Waals surface area (Å²) in [5.41, 5.74) is 2.11. The Kier molecular flexibility index (Phi) is 4.95. The number of rotatable bonds is 5. The molecule has 1 aromatic heterocycles. The number of nitrogens with one attached hydrogen (secondary N) is 1. The van der Waals surface area contributed by atoms with Crippen molar-refractivity contribution < 1.29 is 4.74 Å². The number of nitrogens with zero attached hydrogens (tertiary/aromatic N) is 2. The molecule has 0 aliphatic rings. The zero-order valence-corrected chi connectivity index (χ0v) is 13.5. The lowest BCUT2D eigenvalue weighted by Gasteiger charge is -2.10. The molecular formula is C15H18BrN3O. The lowest BCUT2D eigenvalue weighted by Crippen LogP contribution is -2.07. The summed E-state index contributed by atoms with van der Waals surface area (Å²) < 4.78 is 6.71. The molecule has 0 aliphatic heterocycles. The number of hydrogen-bond donors (Lipinski definition) is 1. The van der Waals surface area contributed by atoms with Crippen molar-refractivity contribution >= 4 is 21.7 Å². The molecule has 0 radical (unpaired) electrons. The third-order valence-electron chi connectivity index (χ3n) is 2.70. The summed E-state index contributed by atoms with van der Waals surface area (Å²) in [5.74, 6) is 2.31. The maximum Gasteiger partial charge on any atom is 0.168 e. The highest BCUT2D eigenvalue weighted by Gasteiger charge is 2.05. The van der Waals surface area contributed by atoms with Gasteiger partial charge in [0.05, 0.1) is 4.47 Å². The van der Waals surface area contributed by atoms with Gasteiger partial charge in [-0.2, -0.15) is 0 Å². The lowest BCUT2D eigenvalue weighted by molar-refractivity contribution is 0.294. The van der Waals surface area contributed by atoms with E-state index >= 15 is 0 Å². The first-order valence-corrected chi connectivity index (χ1v) is 7.35. The van der Waals surface area contributed by atoms with Crippen molar-refractivity contribution in [2.24, 2.45) is 0 Å². The van der Waals surface area contributed by atoms with E-state index in [0.29, 0.717) is 12.4 Å². The van der Waals surface area contributed by atoms with Gasteiger partial charge in [-0.3, -0.25) is 0 Å². The fourth-order valence-corrected chi connectivity index (χ4v) is 2.44. The summed E-state index contributed by atoms with van der Waals surface area (Å²) in [6.07, 6.45) is 0. The van der Waals surface area contributed by atoms with E-state index in [1.54, 1.807) is 0 Å². The summed E-state index contributed by atoms with van der Waals surface area (Å²) >= 11 is 3.50. The van der Waals surface area contributed by atoms with Gasteiger partial charge in [0.1, 0.15) is 18.2 Å². The molecule has 2 aromatic rings. The summed E-state index contributed by atoms with van der Waals surface area (Å²) in [4.78, 5) is 8.81. The number of benzene rings is 1. The predicted molar refractivity (Wildman–Crippen MR) is 84.1 cm³/mol. The normalized spacial score (nSPS) is 10.4. The van der Waals surface area contributed by atoms with Crippen LogP contribution in [0.2, 0.25) is 0 Å². The summed E-state index contributed by atoms with van der Waals surface area (Å²) in [6.45, 7) is 7.22. The Morgan fingerprint density at radius 2 is 2.00 bits per heavy atom. The van der Waals surface area contributed by atoms with E-state index in [9.17, 15) is 0 Å². The molecule has 0 spiro atoms. The minimum absolute atomic E-state index is 0.349. The van der Waals surface area contributed by atoms with Crippen LogP contribution in [-0.2, 0) is 6.61 Å². The number of halogens is 1. The molecule has 0 atom stereocenters. The Balaban J connectivity index is 2.10. The van der Waals surface area contributed by atoms with Crippen molar-refractivity contribution in [2.75, 3.05) is 11.9 Å². The maximum absolute atomic E-state index is 5.77. The van der Waals surface area contributed by atoms with E-state index < -0.39 is 0 Å². The van der Waals surface area contributed by atoms with E-state index in [2.05, 4.69) is 31.2 Å². The largest absolute Gasteiger partial charge is 0.484 e. The number of anilines is 1. The van der Waals surface area contributed by atoms with Crippen LogP contribution in [-0.4, -0.2) is 16.5 Å². The van der Waals surface area contributed by atoms with Crippen molar-refractivity contribution in [3.05, 3.63) is 45.8 Å². The van der Waals surface area contributed by atoms with E-state index in [4.69, 9.17) is 4.74 Å². The van der Waals surface area contributed by atoms with Crippen molar-refractivity contribution in [3.8, 4) is 5.75 Å². The van der Waals surface area contributed by atoms with Gasteiger partial charge in [0.2, 0.25) is 0 Å². The third kappa shape index (κ3) is 3.93. The smallest absolute Gasteiger partial charge is 0.168 e. The highest BCUT2D eigenvalue weighted by atomic mass is 79.9. The molecule has 0 saturated heterocycles. The van der Waals surface area contributed by atoms with Crippen LogP contribution in [0.3, 0.4) is 0 Å². The molecule has 0 aliphatic carbocycles. The Hall–Kier alpha value is -1.62. The topological polar surface area (TPSA) is 47.0 Å². The minimum atomic E-state index is 0.349. The quantitative estimate of drug-likeness (QED) is 0.900. The molecule has 20 heavy (non-hydrogen) atoms. The second-order valence-corrected chi connectivity index (χ2v) is 5.42. The van der Waals surface area contributed by atoms with Crippen molar-refractivity contribution in [1.29, 1.82) is 0 Å². The van der Waals surface area contributed by atoms with Gasteiger partial charge in [-0.15, -0.1) is 0 Å². The third-order valence-corrected chi connectivity index (χ3v) is 3.32. The Morgan fingerprint density at radius 1 is 1.20 bits per heavy atom. The van der Waals surface area contributed by atoms with Gasteiger partial charge >= 0.3 is 0 Å². The molecular weight excluding hydrogens is 318 g/mol. The van der Waals surface area contributed by atoms with Crippen LogP contribution in [0.4, 0.5) is 5.82 Å². The standard InChI is InChI=1S/C15H18BrN3O/c1-4-17-14-8-11(3)18-15(19-14)9-20-13-6-5-10(2)7-12(13)16/h5-8H,4,9H2,1-3H3,(H,17,18,19). The molecule has 0 bridgehead atoms. The molecule has 0 fully saturated rings. The van der Waals surface area contributed by atoms with Crippen molar-refractivity contribution in [2.45, 2.75) is 27.4 Å². The molecule has 106 valence electrons. The fourth-order valence-electron chi connectivity index (χ4n) is 1.83. The number of aromatic nitrogens is 2. The highest BCUT2D eigenvalue weighted by Crippen LogP contribution is 2.26. The van der Waals surface area contributed by atoms with Crippen LogP contribution in [0.5, 0.6) is 5.75 Å². The first-order chi connectivity index (χ1) is 9.58. The fraction of sp³-hybridized carbons (Fsp3) is 0.333. The zero-order valence-electron chi connectivity index (χ0n) is 11.9. The molecule has 1 heterocycles. The van der Waals surface area contributed by atoms with Crippen LogP contribution in [0.25, 0.3) is 0 Å². The molecule has 5 heteroatoms. The average Bonchev–Trinajstić information content (AvgIpc) is 2.37. The van der Waals surface area contributed by atoms with Gasteiger partial charge in [0, 0.05) is 18.3 Å². The summed E-state index contributed by atoms with van der Waals surface area (Å²) in [6, 6.07) is 7.91. The highest BCUT2D eigenvalue weighted by molar-refractivity contribution is 9.10. The summed E-state index contributed by atoms with van der Waals surface area (Å²) in [5, 5.41) is 3.19. The minimum Gasteiger partial charge on any atom is -0.484 e. The van der Waals surface area contributed by atoms with Gasteiger partial charge in [0.15, 0.2) is 5.82 Å². The van der Waals surface area contributed by atoms with Gasteiger partial charge in [-0.1, -0.05) is 6.07 Å². The van der Waals surface area contributed by atoms with E-state index in [0.717, 1.165) is 28.3 Å². The molecule has 1 N–H and O–H groups in total. The van der Waals surface area contributed by atoms with Gasteiger partial charge in [-0.05, 0) is 54.4 Å². The zero-order chi connectivity index (χ0) is 14.5. The molecule has 0 saturated carbocycles. The van der Waals surface area contributed by atoms with Gasteiger partial charge in [0.25, 0.3) is 0 Å². The maximum atomic E-state index is 5.77. The number of aryl methyl sites for hydroxylation is 2. The second-order valence-electron chi connectivity index (χ2n) is 4.56. The predicted octanol–water partition coefficient (Wildman–Crippen LogP) is 3.87. The van der Waals surface area contributed by atoms with Crippen LogP contribution < -0.4 is 10.1 Å². The SMILES string of the molecule is CCNc1cc(C)nc(COc2ccc(C)cc2Br)n1.